The van der Waals surface area contributed by atoms with Gasteiger partial charge in [0.15, 0.2) is 0 Å². The maximum absolute atomic E-state index is 12.9. The van der Waals surface area contributed by atoms with Gasteiger partial charge in [0.05, 0.1) is 6.61 Å². The van der Waals surface area contributed by atoms with Crippen molar-refractivity contribution in [3.05, 3.63) is 95.6 Å². The zero-order valence-electron chi connectivity index (χ0n) is 22.2. The lowest BCUT2D eigenvalue weighted by atomic mass is 9.88. The molecule has 9 heteroatoms. The summed E-state index contributed by atoms with van der Waals surface area (Å²) in [6, 6.07) is 24.9. The molecule has 0 bridgehead atoms. The van der Waals surface area contributed by atoms with Gasteiger partial charge < -0.3 is 14.4 Å². The average Bonchev–Trinajstić information content (AvgIpc) is 2.92. The number of alkyl halides is 5. The van der Waals surface area contributed by atoms with E-state index in [1.165, 1.54) is 0 Å². The molecule has 1 N–H and O–H groups in total. The lowest BCUT2D eigenvalue weighted by molar-refractivity contribution is -0.284. The summed E-state index contributed by atoms with van der Waals surface area (Å²) in [7, 11) is 0. The number of ether oxygens (including phenoxy) is 1. The van der Waals surface area contributed by atoms with E-state index in [0.717, 1.165) is 34.3 Å². The fourth-order valence-corrected chi connectivity index (χ4v) is 5.48. The summed E-state index contributed by atoms with van der Waals surface area (Å²) in [6.45, 7) is 2.46. The van der Waals surface area contributed by atoms with Crippen molar-refractivity contribution < 1.29 is 36.3 Å². The Kier molecular flexibility index (Phi) is 11.5. The van der Waals surface area contributed by atoms with E-state index in [0.29, 0.717) is 25.2 Å². The van der Waals surface area contributed by atoms with Crippen molar-refractivity contribution in [2.45, 2.75) is 51.1 Å². The lowest BCUT2D eigenvalue weighted by Gasteiger charge is -2.19. The molecule has 0 aliphatic heterocycles. The maximum Gasteiger partial charge on any atom is 0.453 e. The molecule has 0 aromatic heterocycles. The quantitative estimate of drug-likeness (QED) is 0.0899. The number of benzene rings is 3. The third-order valence-corrected chi connectivity index (χ3v) is 7.88. The summed E-state index contributed by atoms with van der Waals surface area (Å²) in [5.41, 5.74) is 5.29. The van der Waals surface area contributed by atoms with Gasteiger partial charge >= 0.3 is 12.1 Å². The Morgan fingerprint density at radius 2 is 1.35 bits per heavy atom. The van der Waals surface area contributed by atoms with Crippen LogP contribution < -0.4 is 4.74 Å². The zero-order chi connectivity index (χ0) is 29.2. The number of allylic oxidation sites excluding steroid dienone is 1. The first-order valence-corrected chi connectivity index (χ1v) is 14.6. The molecule has 0 heterocycles. The maximum atomic E-state index is 12.9. The first kappa shape index (κ1) is 31.5. The van der Waals surface area contributed by atoms with Crippen molar-refractivity contribution in [3.8, 4) is 11.5 Å². The highest BCUT2D eigenvalue weighted by atomic mass is 32.2. The van der Waals surface area contributed by atoms with E-state index in [9.17, 15) is 31.6 Å². The third-order valence-electron chi connectivity index (χ3n) is 6.39. The number of phenols is 1. The Balaban J connectivity index is 1.56. The van der Waals surface area contributed by atoms with Gasteiger partial charge in [0.25, 0.3) is 0 Å². The number of unbranched alkanes of at least 4 members (excludes halogenated alkanes) is 1. The van der Waals surface area contributed by atoms with Crippen LogP contribution in [0.15, 0.2) is 78.9 Å². The van der Waals surface area contributed by atoms with E-state index >= 15 is 0 Å². The number of hydrogen-bond acceptors (Lipinski definition) is 3. The van der Waals surface area contributed by atoms with Gasteiger partial charge in [0.1, 0.15) is 23.0 Å². The molecule has 3 aromatic rings. The molecular weight excluding hydrogens is 547 g/mol. The highest BCUT2D eigenvalue weighted by Gasteiger charge is 2.56. The van der Waals surface area contributed by atoms with Gasteiger partial charge in [-0.05, 0) is 77.8 Å². The molecule has 0 spiro atoms. The molecular formula is C31H33F5O3S. The number of aromatic hydroxyl groups is 1. The second-order valence-electron chi connectivity index (χ2n) is 9.35. The molecule has 0 saturated heterocycles. The molecule has 3 rings (SSSR count). The minimum Gasteiger partial charge on any atom is -0.616 e. The second-order valence-corrected chi connectivity index (χ2v) is 11.0. The SMILES string of the molecule is CC/C(=C(/c1ccc(O)cc1)c1ccc(OCCCC[S+]([O-])CCCC(F)(F)C(F)(F)F)cc1)c1ccccc1. The summed E-state index contributed by atoms with van der Waals surface area (Å²) < 4.78 is 80.3. The van der Waals surface area contributed by atoms with Crippen LogP contribution in [0, 0.1) is 0 Å². The highest BCUT2D eigenvalue weighted by Crippen LogP contribution is 2.39. The molecule has 0 saturated carbocycles. The highest BCUT2D eigenvalue weighted by molar-refractivity contribution is 7.91. The first-order chi connectivity index (χ1) is 19.0. The summed E-state index contributed by atoms with van der Waals surface area (Å²) in [5, 5.41) is 9.79. The van der Waals surface area contributed by atoms with E-state index in [1.807, 2.05) is 54.6 Å². The molecule has 0 radical (unpaired) electrons. The van der Waals surface area contributed by atoms with Gasteiger partial charge in [-0.25, -0.2) is 0 Å². The molecule has 1 unspecified atom stereocenters. The van der Waals surface area contributed by atoms with E-state index in [2.05, 4.69) is 19.1 Å². The van der Waals surface area contributed by atoms with E-state index in [4.69, 9.17) is 4.74 Å². The van der Waals surface area contributed by atoms with Crippen LogP contribution in [0.5, 0.6) is 11.5 Å². The molecule has 216 valence electrons. The Hall–Kier alpha value is -3.04. The van der Waals surface area contributed by atoms with Crippen molar-refractivity contribution in [1.82, 2.24) is 0 Å². The summed E-state index contributed by atoms with van der Waals surface area (Å²) in [5.74, 6) is -3.87. The van der Waals surface area contributed by atoms with Crippen LogP contribution in [0.3, 0.4) is 0 Å². The average molecular weight is 581 g/mol. The Morgan fingerprint density at radius 1 is 0.775 bits per heavy atom. The minimum absolute atomic E-state index is 0.187. The molecule has 0 aliphatic rings. The van der Waals surface area contributed by atoms with E-state index < -0.39 is 36.1 Å². The van der Waals surface area contributed by atoms with Crippen LogP contribution >= 0.6 is 0 Å². The summed E-state index contributed by atoms with van der Waals surface area (Å²) in [4.78, 5) is 0. The van der Waals surface area contributed by atoms with Gasteiger partial charge in [-0.15, -0.1) is 0 Å². The molecule has 0 aliphatic carbocycles. The van der Waals surface area contributed by atoms with Crippen molar-refractivity contribution in [1.29, 1.82) is 0 Å². The van der Waals surface area contributed by atoms with Crippen LogP contribution in [0.1, 0.15) is 55.7 Å². The molecule has 0 fully saturated rings. The van der Waals surface area contributed by atoms with Crippen molar-refractivity contribution in [2.24, 2.45) is 0 Å². The predicted octanol–water partition coefficient (Wildman–Crippen LogP) is 8.65. The predicted molar refractivity (Wildman–Crippen MR) is 150 cm³/mol. The summed E-state index contributed by atoms with van der Waals surface area (Å²) in [6.07, 6.45) is -5.51. The van der Waals surface area contributed by atoms with Gasteiger partial charge in [-0.1, -0.05) is 72.7 Å². The zero-order valence-corrected chi connectivity index (χ0v) is 23.0. The third kappa shape index (κ3) is 8.99. The fraction of sp³-hybridized carbons (Fsp3) is 0.355. The Morgan fingerprint density at radius 3 is 1.93 bits per heavy atom. The van der Waals surface area contributed by atoms with Gasteiger partial charge in [-0.3, -0.25) is 0 Å². The van der Waals surface area contributed by atoms with Gasteiger partial charge in [0.2, 0.25) is 0 Å². The molecule has 40 heavy (non-hydrogen) atoms. The normalized spacial score (nSPS) is 13.6. The van der Waals surface area contributed by atoms with Crippen LogP contribution in [0.2, 0.25) is 0 Å². The monoisotopic (exact) mass is 580 g/mol. The minimum atomic E-state index is -5.58. The van der Waals surface area contributed by atoms with Crippen LogP contribution in [-0.4, -0.2) is 39.9 Å². The smallest absolute Gasteiger partial charge is 0.453 e. The summed E-state index contributed by atoms with van der Waals surface area (Å²) >= 11 is -1.46. The molecule has 1 atom stereocenters. The largest absolute Gasteiger partial charge is 0.616 e. The second kappa shape index (κ2) is 14.6. The van der Waals surface area contributed by atoms with Crippen LogP contribution in [-0.2, 0) is 11.2 Å². The standard InChI is InChI=1S/C31H33F5O3S/c1-2-28(23-9-4-3-5-10-23)29(24-11-15-26(37)16-12-24)25-13-17-27(18-14-25)39-20-6-7-21-40(38)22-8-19-30(32,33)31(34,35)36/h3-5,9-18,37H,2,6-8,19-22H2,1H3/b29-28+. The van der Waals surface area contributed by atoms with Gasteiger partial charge in [0, 0.05) is 6.42 Å². The van der Waals surface area contributed by atoms with Crippen LogP contribution in [0.25, 0.3) is 11.1 Å². The molecule has 3 nitrogen and oxygen atoms in total. The van der Waals surface area contributed by atoms with Gasteiger partial charge in [-0.2, -0.15) is 22.0 Å². The number of halogens is 5. The fourth-order valence-electron chi connectivity index (χ4n) is 4.28. The number of rotatable bonds is 14. The van der Waals surface area contributed by atoms with Crippen molar-refractivity contribution in [2.75, 3.05) is 18.1 Å². The molecule has 0 amide bonds. The number of phenolic OH excluding ortho intramolecular Hbond substituents is 1. The van der Waals surface area contributed by atoms with Crippen molar-refractivity contribution in [3.63, 3.8) is 0 Å². The first-order valence-electron chi connectivity index (χ1n) is 13.1. The van der Waals surface area contributed by atoms with Crippen molar-refractivity contribution >= 4 is 22.3 Å². The Labute approximate surface area is 234 Å². The molecule has 3 aromatic carbocycles. The lowest BCUT2D eigenvalue weighted by Crippen LogP contribution is -2.36. The topological polar surface area (TPSA) is 52.5 Å². The number of hydrogen-bond donors (Lipinski definition) is 1. The van der Waals surface area contributed by atoms with E-state index in [-0.39, 0.29) is 17.3 Å². The Bertz CT molecular complexity index is 1210. The van der Waals surface area contributed by atoms with E-state index in [1.54, 1.807) is 12.1 Å². The van der Waals surface area contributed by atoms with Crippen LogP contribution in [0.4, 0.5) is 22.0 Å².